The molecule has 1 rings (SSSR count). The van der Waals surface area contributed by atoms with Gasteiger partial charge in [-0.1, -0.05) is 30.3 Å². The lowest BCUT2D eigenvalue weighted by molar-refractivity contribution is -0.695. The number of rotatable bonds is 6. The van der Waals surface area contributed by atoms with E-state index in [9.17, 15) is 0 Å². The smallest absolute Gasteiger partial charge is 0.133 e. The van der Waals surface area contributed by atoms with E-state index in [1.54, 1.807) is 7.11 Å². The van der Waals surface area contributed by atoms with Crippen molar-refractivity contribution in [3.8, 4) is 0 Å². The summed E-state index contributed by atoms with van der Waals surface area (Å²) in [6.07, 6.45) is 0.0812. The molecule has 1 aromatic rings. The highest BCUT2D eigenvalue weighted by Gasteiger charge is 2.20. The van der Waals surface area contributed by atoms with Crippen LogP contribution in [0.3, 0.4) is 0 Å². The first-order valence-electron chi connectivity index (χ1n) is 5.31. The second-order valence-corrected chi connectivity index (χ2v) is 3.67. The molecular formula is C12H20NO2+. The number of quaternary nitrogens is 1. The minimum atomic E-state index is 0.0812. The van der Waals surface area contributed by atoms with Gasteiger partial charge in [0.1, 0.15) is 12.1 Å². The number of methoxy groups -OCH3 is 1. The molecule has 2 atom stereocenters. The molecule has 3 heteroatoms. The summed E-state index contributed by atoms with van der Waals surface area (Å²) in [5.74, 6) is 0. The Bertz CT molecular complexity index is 264. The number of nitrogens with two attached hydrogens (primary N) is 1. The van der Waals surface area contributed by atoms with Crippen molar-refractivity contribution in [2.75, 3.05) is 20.3 Å². The van der Waals surface area contributed by atoms with E-state index in [1.807, 2.05) is 18.2 Å². The lowest BCUT2D eigenvalue weighted by atomic mass is 10.0. The van der Waals surface area contributed by atoms with Crippen LogP contribution < -0.4 is 5.32 Å². The molecule has 0 aromatic heterocycles. The molecule has 0 aliphatic heterocycles. The lowest BCUT2D eigenvalue weighted by Gasteiger charge is -2.21. The molecule has 0 amide bonds. The molecule has 0 fully saturated rings. The molecule has 0 saturated carbocycles. The number of aliphatic hydroxyl groups is 1. The maximum absolute atomic E-state index is 8.77. The van der Waals surface area contributed by atoms with Gasteiger partial charge in [-0.25, -0.2) is 0 Å². The number of hydrogen-bond donors (Lipinski definition) is 2. The Hall–Kier alpha value is -0.900. The van der Waals surface area contributed by atoms with Crippen LogP contribution in [0.2, 0.25) is 0 Å². The number of aliphatic hydroxyl groups excluding tert-OH is 1. The predicted octanol–water partition coefficient (Wildman–Crippen LogP) is 0.318. The van der Waals surface area contributed by atoms with Gasteiger partial charge in [-0.05, 0) is 12.5 Å². The number of ether oxygens (including phenoxy) is 1. The van der Waals surface area contributed by atoms with Gasteiger partial charge in [0.05, 0.1) is 13.2 Å². The normalized spacial score (nSPS) is 14.9. The van der Waals surface area contributed by atoms with Gasteiger partial charge in [0.15, 0.2) is 0 Å². The zero-order valence-electron chi connectivity index (χ0n) is 9.39. The molecule has 0 radical (unpaired) electrons. The first kappa shape index (κ1) is 12.2. The first-order valence-corrected chi connectivity index (χ1v) is 5.31. The molecule has 0 spiro atoms. The van der Waals surface area contributed by atoms with Crippen molar-refractivity contribution in [3.63, 3.8) is 0 Å². The van der Waals surface area contributed by atoms with Gasteiger partial charge >= 0.3 is 0 Å². The van der Waals surface area contributed by atoms with Crippen molar-refractivity contribution in [2.24, 2.45) is 0 Å². The molecule has 0 saturated heterocycles. The summed E-state index contributed by atoms with van der Waals surface area (Å²) in [6.45, 7) is 3.03. The SMILES string of the molecule is CO[C@H](c1ccccc1)[C@@H](C)[NH2+]CCO. The second-order valence-electron chi connectivity index (χ2n) is 3.67. The van der Waals surface area contributed by atoms with Gasteiger partial charge in [-0.3, -0.25) is 0 Å². The molecule has 0 unspecified atom stereocenters. The van der Waals surface area contributed by atoms with Crippen molar-refractivity contribution >= 4 is 0 Å². The highest BCUT2D eigenvalue weighted by atomic mass is 16.5. The summed E-state index contributed by atoms with van der Waals surface area (Å²) in [5.41, 5.74) is 1.18. The molecule has 84 valence electrons. The molecule has 0 aliphatic carbocycles. The molecule has 3 nitrogen and oxygen atoms in total. The van der Waals surface area contributed by atoms with Gasteiger partial charge in [0.25, 0.3) is 0 Å². The summed E-state index contributed by atoms with van der Waals surface area (Å²) in [5, 5.41) is 10.9. The Morgan fingerprint density at radius 2 is 2.00 bits per heavy atom. The Morgan fingerprint density at radius 1 is 1.33 bits per heavy atom. The van der Waals surface area contributed by atoms with E-state index in [2.05, 4.69) is 24.4 Å². The Kier molecular flexibility index (Phi) is 5.32. The van der Waals surface area contributed by atoms with Gasteiger partial charge in [0, 0.05) is 7.11 Å². The van der Waals surface area contributed by atoms with Gasteiger partial charge < -0.3 is 15.2 Å². The maximum atomic E-state index is 8.77. The van der Waals surface area contributed by atoms with Crippen molar-refractivity contribution in [3.05, 3.63) is 35.9 Å². The fourth-order valence-electron chi connectivity index (χ4n) is 1.76. The van der Waals surface area contributed by atoms with Gasteiger partial charge in [-0.2, -0.15) is 0 Å². The third-order valence-corrected chi connectivity index (χ3v) is 2.53. The van der Waals surface area contributed by atoms with Crippen LogP contribution >= 0.6 is 0 Å². The van der Waals surface area contributed by atoms with E-state index in [1.165, 1.54) is 5.56 Å². The van der Waals surface area contributed by atoms with Crippen LogP contribution in [-0.4, -0.2) is 31.4 Å². The average Bonchev–Trinajstić information content (AvgIpc) is 2.29. The van der Waals surface area contributed by atoms with Crippen LogP contribution in [0, 0.1) is 0 Å². The minimum absolute atomic E-state index is 0.0812. The molecule has 15 heavy (non-hydrogen) atoms. The summed E-state index contributed by atoms with van der Waals surface area (Å²) < 4.78 is 5.48. The van der Waals surface area contributed by atoms with Crippen molar-refractivity contribution in [1.29, 1.82) is 0 Å². The molecule has 0 heterocycles. The Morgan fingerprint density at radius 3 is 2.53 bits per heavy atom. The topological polar surface area (TPSA) is 46.1 Å². The summed E-state index contributed by atoms with van der Waals surface area (Å²) in [7, 11) is 1.72. The molecule has 0 aliphatic rings. The lowest BCUT2D eigenvalue weighted by Crippen LogP contribution is -2.91. The van der Waals surface area contributed by atoms with Crippen molar-refractivity contribution in [2.45, 2.75) is 19.1 Å². The standard InChI is InChI=1S/C12H19NO2/c1-10(13-8-9-14)12(15-2)11-6-4-3-5-7-11/h3-7,10,12-14H,8-9H2,1-2H3/p+1/t10-,12+/m1/s1. The van der Waals surface area contributed by atoms with E-state index in [0.717, 1.165) is 0 Å². The van der Waals surface area contributed by atoms with Gasteiger partial charge in [0.2, 0.25) is 0 Å². The first-order chi connectivity index (χ1) is 7.29. The molecule has 3 N–H and O–H groups in total. The fourth-order valence-corrected chi connectivity index (χ4v) is 1.76. The third-order valence-electron chi connectivity index (χ3n) is 2.53. The quantitative estimate of drug-likeness (QED) is 0.710. The Balaban J connectivity index is 2.63. The van der Waals surface area contributed by atoms with Crippen LogP contribution in [0.4, 0.5) is 0 Å². The largest absolute Gasteiger partial charge is 0.391 e. The van der Waals surface area contributed by atoms with E-state index in [4.69, 9.17) is 9.84 Å². The van der Waals surface area contributed by atoms with E-state index >= 15 is 0 Å². The highest BCUT2D eigenvalue weighted by molar-refractivity contribution is 5.18. The summed E-state index contributed by atoms with van der Waals surface area (Å²) in [4.78, 5) is 0. The Labute approximate surface area is 91.1 Å². The average molecular weight is 210 g/mol. The maximum Gasteiger partial charge on any atom is 0.133 e. The molecule has 0 bridgehead atoms. The minimum Gasteiger partial charge on any atom is -0.391 e. The highest BCUT2D eigenvalue weighted by Crippen LogP contribution is 2.17. The number of hydrogen-bond acceptors (Lipinski definition) is 2. The van der Waals surface area contributed by atoms with Crippen molar-refractivity contribution in [1.82, 2.24) is 0 Å². The van der Waals surface area contributed by atoms with E-state index < -0.39 is 0 Å². The zero-order valence-corrected chi connectivity index (χ0v) is 9.39. The fraction of sp³-hybridized carbons (Fsp3) is 0.500. The van der Waals surface area contributed by atoms with Crippen LogP contribution in [0.1, 0.15) is 18.6 Å². The van der Waals surface area contributed by atoms with E-state index in [0.29, 0.717) is 12.6 Å². The summed E-state index contributed by atoms with van der Waals surface area (Å²) >= 11 is 0. The van der Waals surface area contributed by atoms with Gasteiger partial charge in [-0.15, -0.1) is 0 Å². The van der Waals surface area contributed by atoms with Crippen LogP contribution in [0.25, 0.3) is 0 Å². The van der Waals surface area contributed by atoms with Crippen LogP contribution in [0.5, 0.6) is 0 Å². The van der Waals surface area contributed by atoms with Crippen LogP contribution in [0.15, 0.2) is 30.3 Å². The molecule has 1 aromatic carbocycles. The summed E-state index contributed by atoms with van der Waals surface area (Å²) in [6, 6.07) is 10.5. The van der Waals surface area contributed by atoms with Crippen molar-refractivity contribution < 1.29 is 15.2 Å². The zero-order chi connectivity index (χ0) is 11.1. The van der Waals surface area contributed by atoms with Crippen LogP contribution in [-0.2, 0) is 4.74 Å². The third kappa shape index (κ3) is 3.63. The number of benzene rings is 1. The predicted molar refractivity (Wildman–Crippen MR) is 59.5 cm³/mol. The monoisotopic (exact) mass is 210 g/mol. The molecular weight excluding hydrogens is 190 g/mol. The van der Waals surface area contributed by atoms with E-state index in [-0.39, 0.29) is 12.7 Å². The second kappa shape index (κ2) is 6.56.